The van der Waals surface area contributed by atoms with E-state index in [0.717, 1.165) is 17.2 Å². The summed E-state index contributed by atoms with van der Waals surface area (Å²) in [6, 6.07) is 8.61. The summed E-state index contributed by atoms with van der Waals surface area (Å²) in [7, 11) is 1.75. The van der Waals surface area contributed by atoms with Crippen molar-refractivity contribution >= 4 is 22.9 Å². The van der Waals surface area contributed by atoms with Crippen molar-refractivity contribution in [3.05, 3.63) is 42.2 Å². The average Bonchev–Trinajstić information content (AvgIpc) is 3.06. The quantitative estimate of drug-likeness (QED) is 0.806. The van der Waals surface area contributed by atoms with E-state index in [-0.39, 0.29) is 5.69 Å². The van der Waals surface area contributed by atoms with Gasteiger partial charge in [0.15, 0.2) is 5.69 Å². The Kier molecular flexibility index (Phi) is 3.13. The Hall–Kier alpha value is -2.77. The van der Waals surface area contributed by atoms with Crippen LogP contribution in [-0.2, 0) is 7.05 Å². The summed E-state index contributed by atoms with van der Waals surface area (Å²) in [5.74, 6) is -0.263. The first-order valence-corrected chi connectivity index (χ1v) is 6.12. The van der Waals surface area contributed by atoms with Crippen LogP contribution in [0.4, 0.5) is 14.7 Å². The maximum atomic E-state index is 12.4. The smallest absolute Gasteiger partial charge is 0.313 e. The molecule has 0 unspecified atom stereocenters. The van der Waals surface area contributed by atoms with Crippen LogP contribution < -0.4 is 5.32 Å². The highest BCUT2D eigenvalue weighted by atomic mass is 19.3. The Labute approximate surface area is 118 Å². The van der Waals surface area contributed by atoms with Gasteiger partial charge in [0, 0.05) is 13.2 Å². The fraction of sp³-hybridized carbons (Fsp3) is 0.154. The molecule has 21 heavy (non-hydrogen) atoms. The van der Waals surface area contributed by atoms with E-state index in [1.807, 2.05) is 24.3 Å². The van der Waals surface area contributed by atoms with Crippen molar-refractivity contribution in [2.45, 2.75) is 6.55 Å². The normalized spacial score (nSPS) is 11.2. The van der Waals surface area contributed by atoms with Gasteiger partial charge in [-0.3, -0.25) is 10.1 Å². The summed E-state index contributed by atoms with van der Waals surface area (Å²) in [6.07, 6.45) is 1.05. The van der Waals surface area contributed by atoms with E-state index in [2.05, 4.69) is 15.4 Å². The summed E-state index contributed by atoms with van der Waals surface area (Å²) in [5, 5.41) is 6.07. The number of halogens is 2. The van der Waals surface area contributed by atoms with Crippen LogP contribution in [0.5, 0.6) is 0 Å². The number of alkyl halides is 2. The third-order valence-electron chi connectivity index (χ3n) is 3.05. The predicted molar refractivity (Wildman–Crippen MR) is 72.1 cm³/mol. The summed E-state index contributed by atoms with van der Waals surface area (Å²) in [5.41, 5.74) is 1.49. The summed E-state index contributed by atoms with van der Waals surface area (Å²) in [6.45, 7) is -2.78. The van der Waals surface area contributed by atoms with E-state index >= 15 is 0 Å². The molecule has 0 spiro atoms. The molecule has 0 aliphatic rings. The number of aromatic nitrogens is 4. The number of rotatable bonds is 3. The molecule has 8 heteroatoms. The number of para-hydroxylation sites is 2. The Balaban J connectivity index is 1.87. The fourth-order valence-electron chi connectivity index (χ4n) is 1.99. The largest absolute Gasteiger partial charge is 0.333 e. The first-order valence-electron chi connectivity index (χ1n) is 6.12. The lowest BCUT2D eigenvalue weighted by molar-refractivity contribution is 0.0561. The number of hydrogen-bond donors (Lipinski definition) is 1. The van der Waals surface area contributed by atoms with Crippen molar-refractivity contribution in [1.82, 2.24) is 19.3 Å². The molecule has 3 rings (SSSR count). The SMILES string of the molecule is Cn1c(NC(=O)c2ccn(C(F)F)n2)nc2ccccc21. The Morgan fingerprint density at radius 2 is 2.05 bits per heavy atom. The number of nitrogens with one attached hydrogen (secondary N) is 1. The highest BCUT2D eigenvalue weighted by molar-refractivity contribution is 6.02. The molecular formula is C13H11F2N5O. The van der Waals surface area contributed by atoms with Crippen molar-refractivity contribution in [3.8, 4) is 0 Å². The Bertz CT molecular complexity index is 808. The van der Waals surface area contributed by atoms with Crippen LogP contribution >= 0.6 is 0 Å². The summed E-state index contributed by atoms with van der Waals surface area (Å²) < 4.78 is 27.0. The van der Waals surface area contributed by atoms with E-state index in [0.29, 0.717) is 10.6 Å². The van der Waals surface area contributed by atoms with Gasteiger partial charge in [-0.15, -0.1) is 0 Å². The van der Waals surface area contributed by atoms with E-state index in [1.165, 1.54) is 6.07 Å². The Morgan fingerprint density at radius 3 is 2.71 bits per heavy atom. The number of anilines is 1. The van der Waals surface area contributed by atoms with Crippen molar-refractivity contribution in [2.75, 3.05) is 5.32 Å². The molecule has 0 saturated heterocycles. The maximum absolute atomic E-state index is 12.4. The van der Waals surface area contributed by atoms with Gasteiger partial charge in [-0.2, -0.15) is 13.9 Å². The van der Waals surface area contributed by atoms with E-state index in [1.54, 1.807) is 11.6 Å². The number of fused-ring (bicyclic) bond motifs is 1. The monoisotopic (exact) mass is 291 g/mol. The van der Waals surface area contributed by atoms with Crippen molar-refractivity contribution in [2.24, 2.45) is 7.05 Å². The van der Waals surface area contributed by atoms with E-state index in [9.17, 15) is 13.6 Å². The van der Waals surface area contributed by atoms with Gasteiger partial charge in [0.1, 0.15) is 0 Å². The zero-order chi connectivity index (χ0) is 15.0. The number of hydrogen-bond acceptors (Lipinski definition) is 3. The topological polar surface area (TPSA) is 64.7 Å². The molecule has 3 aromatic rings. The zero-order valence-corrected chi connectivity index (χ0v) is 11.0. The van der Waals surface area contributed by atoms with Gasteiger partial charge in [-0.1, -0.05) is 12.1 Å². The molecule has 108 valence electrons. The molecule has 6 nitrogen and oxygen atoms in total. The number of benzene rings is 1. The van der Waals surface area contributed by atoms with Crippen molar-refractivity contribution in [1.29, 1.82) is 0 Å². The lowest BCUT2D eigenvalue weighted by Gasteiger charge is -2.03. The van der Waals surface area contributed by atoms with Crippen LogP contribution in [0.3, 0.4) is 0 Å². The Morgan fingerprint density at radius 1 is 1.29 bits per heavy atom. The summed E-state index contributed by atoms with van der Waals surface area (Å²) >= 11 is 0. The van der Waals surface area contributed by atoms with Crippen molar-refractivity contribution < 1.29 is 13.6 Å². The van der Waals surface area contributed by atoms with Gasteiger partial charge < -0.3 is 4.57 Å². The number of amides is 1. The van der Waals surface area contributed by atoms with Gasteiger partial charge in [-0.25, -0.2) is 9.67 Å². The number of imidazole rings is 1. The minimum atomic E-state index is -2.78. The van der Waals surface area contributed by atoms with Crippen LogP contribution in [0.15, 0.2) is 36.5 Å². The molecule has 0 atom stereocenters. The van der Waals surface area contributed by atoms with Crippen molar-refractivity contribution in [3.63, 3.8) is 0 Å². The molecule has 0 aliphatic carbocycles. The molecule has 0 aliphatic heterocycles. The van der Waals surface area contributed by atoms with Gasteiger partial charge in [0.05, 0.1) is 11.0 Å². The second-order valence-electron chi connectivity index (χ2n) is 4.40. The minimum Gasteiger partial charge on any atom is -0.313 e. The molecule has 0 bridgehead atoms. The van der Waals surface area contributed by atoms with Gasteiger partial charge >= 0.3 is 6.55 Å². The molecule has 0 radical (unpaired) electrons. The molecule has 1 amide bonds. The maximum Gasteiger partial charge on any atom is 0.333 e. The van der Waals surface area contributed by atoms with E-state index < -0.39 is 12.5 Å². The molecule has 2 aromatic heterocycles. The predicted octanol–water partition coefficient (Wildman–Crippen LogP) is 2.42. The molecule has 0 saturated carbocycles. The van der Waals surface area contributed by atoms with Crippen LogP contribution in [0, 0.1) is 0 Å². The second kappa shape index (κ2) is 4.97. The average molecular weight is 291 g/mol. The molecular weight excluding hydrogens is 280 g/mol. The van der Waals surface area contributed by atoms with Crippen LogP contribution in [0.25, 0.3) is 11.0 Å². The van der Waals surface area contributed by atoms with Crippen LogP contribution in [-0.4, -0.2) is 25.2 Å². The zero-order valence-electron chi connectivity index (χ0n) is 11.0. The first kappa shape index (κ1) is 13.2. The third kappa shape index (κ3) is 2.35. The third-order valence-corrected chi connectivity index (χ3v) is 3.05. The number of aryl methyl sites for hydroxylation is 1. The van der Waals surface area contributed by atoms with E-state index in [4.69, 9.17) is 0 Å². The minimum absolute atomic E-state index is 0.0950. The molecule has 0 fully saturated rings. The lowest BCUT2D eigenvalue weighted by Crippen LogP contribution is -2.16. The molecule has 1 aromatic carbocycles. The highest BCUT2D eigenvalue weighted by Gasteiger charge is 2.16. The number of carbonyl (C=O) groups excluding carboxylic acids is 1. The number of nitrogens with zero attached hydrogens (tertiary/aromatic N) is 4. The first-order chi connectivity index (χ1) is 10.1. The van der Waals surface area contributed by atoms with Gasteiger partial charge in [0.25, 0.3) is 5.91 Å². The molecule has 2 heterocycles. The second-order valence-corrected chi connectivity index (χ2v) is 4.40. The van der Waals surface area contributed by atoms with Gasteiger partial charge in [-0.05, 0) is 18.2 Å². The van der Waals surface area contributed by atoms with Crippen LogP contribution in [0.2, 0.25) is 0 Å². The lowest BCUT2D eigenvalue weighted by atomic mass is 10.3. The van der Waals surface area contributed by atoms with Gasteiger partial charge in [0.2, 0.25) is 5.95 Å². The number of carbonyl (C=O) groups is 1. The highest BCUT2D eigenvalue weighted by Crippen LogP contribution is 2.18. The van der Waals surface area contributed by atoms with Crippen LogP contribution in [0.1, 0.15) is 17.0 Å². The molecule has 1 N–H and O–H groups in total. The standard InChI is InChI=1S/C13H11F2N5O/c1-19-10-5-3-2-4-8(10)16-13(19)17-11(21)9-6-7-20(18-9)12(14)15/h2-7,12H,1H3,(H,16,17,21). The fourth-order valence-corrected chi connectivity index (χ4v) is 1.99. The summed E-state index contributed by atoms with van der Waals surface area (Å²) in [4.78, 5) is 16.3.